The molecule has 0 bridgehead atoms. The normalized spacial score (nSPS) is 12.4. The molecule has 2 aromatic carbocycles. The summed E-state index contributed by atoms with van der Waals surface area (Å²) in [4.78, 5) is 25.9. The standard InChI is InChI=1S/C20H18O5/c1-4-7-14-16(25-11-23-2)10-15-17(20(14)24-3)19(22)13-9-6-5-8-12(13)18(15)21/h4-6,8-10H,1,7,11H2,2-3H3. The van der Waals surface area contributed by atoms with Crippen molar-refractivity contribution in [3.63, 3.8) is 0 Å². The lowest BCUT2D eigenvalue weighted by molar-refractivity contribution is 0.0502. The number of ketones is 2. The van der Waals surface area contributed by atoms with E-state index in [9.17, 15) is 9.59 Å². The molecule has 5 nitrogen and oxygen atoms in total. The minimum Gasteiger partial charge on any atom is -0.496 e. The van der Waals surface area contributed by atoms with Gasteiger partial charge in [-0.25, -0.2) is 0 Å². The number of carbonyl (C=O) groups excluding carboxylic acids is 2. The van der Waals surface area contributed by atoms with Crippen LogP contribution in [0.2, 0.25) is 0 Å². The number of benzene rings is 2. The second-order valence-electron chi connectivity index (χ2n) is 5.56. The predicted molar refractivity (Wildman–Crippen MR) is 92.7 cm³/mol. The first kappa shape index (κ1) is 16.9. The zero-order chi connectivity index (χ0) is 18.0. The van der Waals surface area contributed by atoms with Crippen LogP contribution in [0.5, 0.6) is 11.5 Å². The summed E-state index contributed by atoms with van der Waals surface area (Å²) in [6.07, 6.45) is 2.12. The number of fused-ring (bicyclic) bond motifs is 2. The Kier molecular flexibility index (Phi) is 4.67. The molecule has 0 atom stereocenters. The van der Waals surface area contributed by atoms with Crippen molar-refractivity contribution in [3.05, 3.63) is 70.8 Å². The summed E-state index contributed by atoms with van der Waals surface area (Å²) in [5.74, 6) is 0.329. The predicted octanol–water partition coefficient (Wildman–Crippen LogP) is 3.18. The average Bonchev–Trinajstić information content (AvgIpc) is 2.64. The van der Waals surface area contributed by atoms with Crippen molar-refractivity contribution in [2.75, 3.05) is 21.0 Å². The van der Waals surface area contributed by atoms with Crippen LogP contribution >= 0.6 is 0 Å². The quantitative estimate of drug-likeness (QED) is 0.510. The molecule has 0 amide bonds. The Labute approximate surface area is 145 Å². The second kappa shape index (κ2) is 6.91. The molecule has 0 fully saturated rings. The molecule has 0 unspecified atom stereocenters. The minimum atomic E-state index is -0.231. The van der Waals surface area contributed by atoms with Crippen LogP contribution in [0, 0.1) is 0 Å². The van der Waals surface area contributed by atoms with E-state index in [0.717, 1.165) is 0 Å². The number of hydrogen-bond acceptors (Lipinski definition) is 5. The van der Waals surface area contributed by atoms with Gasteiger partial charge in [-0.15, -0.1) is 6.58 Å². The van der Waals surface area contributed by atoms with Crippen LogP contribution in [0.1, 0.15) is 37.4 Å². The first-order valence-electron chi connectivity index (χ1n) is 7.79. The Balaban J connectivity index is 2.28. The van der Waals surface area contributed by atoms with Crippen LogP contribution in [0.4, 0.5) is 0 Å². The van der Waals surface area contributed by atoms with E-state index in [1.165, 1.54) is 14.2 Å². The first-order chi connectivity index (χ1) is 12.1. The van der Waals surface area contributed by atoms with Crippen molar-refractivity contribution in [2.45, 2.75) is 6.42 Å². The zero-order valence-corrected chi connectivity index (χ0v) is 14.1. The third kappa shape index (κ3) is 2.72. The molecule has 0 N–H and O–H groups in total. The summed E-state index contributed by atoms with van der Waals surface area (Å²) in [6.45, 7) is 3.76. The molecule has 1 aliphatic carbocycles. The Morgan fingerprint density at radius 3 is 2.32 bits per heavy atom. The SMILES string of the molecule is C=CCc1c(OCOC)cc2c(c1OC)C(=O)c1ccccc1C2=O. The smallest absolute Gasteiger partial charge is 0.198 e. The fourth-order valence-electron chi connectivity index (χ4n) is 3.05. The zero-order valence-electron chi connectivity index (χ0n) is 14.1. The van der Waals surface area contributed by atoms with Gasteiger partial charge in [-0.1, -0.05) is 30.3 Å². The monoisotopic (exact) mass is 338 g/mol. The van der Waals surface area contributed by atoms with E-state index < -0.39 is 0 Å². The van der Waals surface area contributed by atoms with Gasteiger partial charge in [-0.3, -0.25) is 9.59 Å². The number of carbonyl (C=O) groups is 2. The summed E-state index contributed by atoms with van der Waals surface area (Å²) in [5, 5.41) is 0. The van der Waals surface area contributed by atoms with Gasteiger partial charge in [-0.05, 0) is 12.5 Å². The van der Waals surface area contributed by atoms with Gasteiger partial charge in [0, 0.05) is 29.4 Å². The fourth-order valence-corrected chi connectivity index (χ4v) is 3.05. The lowest BCUT2D eigenvalue weighted by atomic mass is 9.82. The molecule has 0 saturated carbocycles. The third-order valence-corrected chi connectivity index (χ3v) is 4.12. The van der Waals surface area contributed by atoms with Gasteiger partial charge < -0.3 is 14.2 Å². The highest BCUT2D eigenvalue weighted by molar-refractivity contribution is 6.29. The number of hydrogen-bond donors (Lipinski definition) is 0. The molecular formula is C20H18O5. The van der Waals surface area contributed by atoms with E-state index in [1.807, 2.05) is 0 Å². The Morgan fingerprint density at radius 1 is 1.04 bits per heavy atom. The lowest BCUT2D eigenvalue weighted by Crippen LogP contribution is -2.23. The van der Waals surface area contributed by atoms with Gasteiger partial charge in [0.2, 0.25) is 0 Å². The van der Waals surface area contributed by atoms with Crippen LogP contribution in [-0.4, -0.2) is 32.6 Å². The number of allylic oxidation sites excluding steroid dienone is 1. The van der Waals surface area contributed by atoms with E-state index in [-0.39, 0.29) is 29.5 Å². The summed E-state index contributed by atoms with van der Waals surface area (Å²) >= 11 is 0. The molecule has 0 saturated heterocycles. The lowest BCUT2D eigenvalue weighted by Gasteiger charge is -2.23. The molecule has 2 aromatic rings. The van der Waals surface area contributed by atoms with Crippen molar-refractivity contribution in [2.24, 2.45) is 0 Å². The number of ether oxygens (including phenoxy) is 3. The van der Waals surface area contributed by atoms with Gasteiger partial charge in [0.05, 0.1) is 12.7 Å². The van der Waals surface area contributed by atoms with Crippen molar-refractivity contribution in [3.8, 4) is 11.5 Å². The number of methoxy groups -OCH3 is 2. The van der Waals surface area contributed by atoms with E-state index in [2.05, 4.69) is 6.58 Å². The van der Waals surface area contributed by atoms with Gasteiger partial charge in [-0.2, -0.15) is 0 Å². The molecule has 0 heterocycles. The van der Waals surface area contributed by atoms with E-state index in [0.29, 0.717) is 34.6 Å². The fraction of sp³-hybridized carbons (Fsp3) is 0.200. The second-order valence-corrected chi connectivity index (χ2v) is 5.56. The summed E-state index contributed by atoms with van der Waals surface area (Å²) in [6, 6.07) is 8.37. The average molecular weight is 338 g/mol. The maximum atomic E-state index is 13.0. The molecule has 0 aliphatic heterocycles. The molecule has 0 spiro atoms. The van der Waals surface area contributed by atoms with Crippen LogP contribution in [0.25, 0.3) is 0 Å². The van der Waals surface area contributed by atoms with Crippen LogP contribution in [0.3, 0.4) is 0 Å². The van der Waals surface area contributed by atoms with E-state index >= 15 is 0 Å². The first-order valence-corrected chi connectivity index (χ1v) is 7.79. The molecule has 128 valence electrons. The summed E-state index contributed by atoms with van der Waals surface area (Å²) < 4.78 is 16.1. The van der Waals surface area contributed by atoms with E-state index in [1.54, 1.807) is 36.4 Å². The van der Waals surface area contributed by atoms with Crippen LogP contribution in [-0.2, 0) is 11.2 Å². The number of rotatable bonds is 6. The van der Waals surface area contributed by atoms with Crippen molar-refractivity contribution in [1.82, 2.24) is 0 Å². The largest absolute Gasteiger partial charge is 0.496 e. The highest BCUT2D eigenvalue weighted by Gasteiger charge is 2.34. The Morgan fingerprint density at radius 2 is 1.72 bits per heavy atom. The van der Waals surface area contributed by atoms with Crippen molar-refractivity contribution >= 4 is 11.6 Å². The molecule has 0 aromatic heterocycles. The topological polar surface area (TPSA) is 61.8 Å². The van der Waals surface area contributed by atoms with Crippen molar-refractivity contribution in [1.29, 1.82) is 0 Å². The Bertz CT molecular complexity index is 867. The van der Waals surface area contributed by atoms with Gasteiger partial charge in [0.25, 0.3) is 0 Å². The molecule has 5 heteroatoms. The highest BCUT2D eigenvalue weighted by Crippen LogP contribution is 2.40. The molecule has 25 heavy (non-hydrogen) atoms. The summed E-state index contributed by atoms with van der Waals surface area (Å²) in [5.41, 5.74) is 1.98. The van der Waals surface area contributed by atoms with Gasteiger partial charge >= 0.3 is 0 Å². The molecule has 0 radical (unpaired) electrons. The maximum absolute atomic E-state index is 13.0. The minimum absolute atomic E-state index is 0.0187. The molecule has 3 rings (SSSR count). The molecular weight excluding hydrogens is 320 g/mol. The maximum Gasteiger partial charge on any atom is 0.198 e. The van der Waals surface area contributed by atoms with E-state index in [4.69, 9.17) is 14.2 Å². The molecule has 1 aliphatic rings. The van der Waals surface area contributed by atoms with Crippen molar-refractivity contribution < 1.29 is 23.8 Å². The van der Waals surface area contributed by atoms with Crippen LogP contribution < -0.4 is 9.47 Å². The highest BCUT2D eigenvalue weighted by atomic mass is 16.7. The van der Waals surface area contributed by atoms with Gasteiger partial charge in [0.15, 0.2) is 18.4 Å². The summed E-state index contributed by atoms with van der Waals surface area (Å²) in [7, 11) is 2.98. The Hall–Kier alpha value is -2.92. The van der Waals surface area contributed by atoms with Crippen LogP contribution in [0.15, 0.2) is 43.0 Å². The van der Waals surface area contributed by atoms with Gasteiger partial charge in [0.1, 0.15) is 11.5 Å². The third-order valence-electron chi connectivity index (χ3n) is 4.12.